The molecule has 4 nitrogen and oxygen atoms in total. The molecule has 0 unspecified atom stereocenters. The van der Waals surface area contributed by atoms with Gasteiger partial charge in [-0.3, -0.25) is 0 Å². The Bertz CT molecular complexity index is 111. The van der Waals surface area contributed by atoms with Crippen molar-refractivity contribution in [3.63, 3.8) is 0 Å². The van der Waals surface area contributed by atoms with Crippen molar-refractivity contribution < 1.29 is 14.6 Å². The fourth-order valence-electron chi connectivity index (χ4n) is 0.278. The van der Waals surface area contributed by atoms with Crippen LogP contribution in [0, 0.1) is 0 Å². The first-order valence-corrected chi connectivity index (χ1v) is 2.60. The van der Waals surface area contributed by atoms with Gasteiger partial charge in [0.25, 0.3) is 0 Å². The first kappa shape index (κ1) is 8.23. The normalized spacial score (nSPS) is 11.0. The van der Waals surface area contributed by atoms with Crippen molar-refractivity contribution in [3.05, 3.63) is 0 Å². The summed E-state index contributed by atoms with van der Waals surface area (Å²) >= 11 is 0. The zero-order valence-electron chi connectivity index (χ0n) is 5.55. The minimum absolute atomic E-state index is 0.194. The van der Waals surface area contributed by atoms with Gasteiger partial charge in [-0.25, -0.2) is 4.79 Å². The summed E-state index contributed by atoms with van der Waals surface area (Å²) in [6, 6.07) is 0. The summed E-state index contributed by atoms with van der Waals surface area (Å²) in [5, 5.41) is 8.10. The third kappa shape index (κ3) is 3.78. The van der Waals surface area contributed by atoms with Crippen molar-refractivity contribution in [2.24, 2.45) is 5.73 Å². The Morgan fingerprint density at radius 2 is 2.22 bits per heavy atom. The summed E-state index contributed by atoms with van der Waals surface area (Å²) in [5.41, 5.74) is 4.41. The van der Waals surface area contributed by atoms with Crippen LogP contribution in [0.4, 0.5) is 4.79 Å². The maximum Gasteiger partial charge on any atom is 0.506 e. The van der Waals surface area contributed by atoms with Gasteiger partial charge in [-0.15, -0.1) is 0 Å². The molecule has 0 aromatic carbocycles. The summed E-state index contributed by atoms with van der Waals surface area (Å²) < 4.78 is 4.38. The molecule has 0 amide bonds. The predicted molar refractivity (Wildman–Crippen MR) is 32.2 cm³/mol. The Balaban J connectivity index is 3.71. The topological polar surface area (TPSA) is 72.5 Å². The van der Waals surface area contributed by atoms with Crippen LogP contribution in [-0.2, 0) is 4.74 Å². The summed E-state index contributed by atoms with van der Waals surface area (Å²) in [7, 11) is 0. The van der Waals surface area contributed by atoms with Gasteiger partial charge < -0.3 is 15.6 Å². The molecule has 3 N–H and O–H groups in total. The van der Waals surface area contributed by atoms with Crippen molar-refractivity contribution in [1.29, 1.82) is 0 Å². The molecule has 0 aromatic rings. The maximum absolute atomic E-state index is 9.90. The van der Waals surface area contributed by atoms with Crippen LogP contribution in [-0.4, -0.2) is 23.4 Å². The molecule has 0 saturated heterocycles. The van der Waals surface area contributed by atoms with Crippen LogP contribution in [0.3, 0.4) is 0 Å². The fraction of sp³-hybridized carbons (Fsp3) is 0.800. The van der Waals surface area contributed by atoms with E-state index in [1.807, 2.05) is 0 Å². The van der Waals surface area contributed by atoms with E-state index < -0.39 is 11.8 Å². The largest absolute Gasteiger partial charge is 0.506 e. The lowest BCUT2D eigenvalue weighted by Crippen LogP contribution is -2.35. The SMILES string of the molecule is CC(C)(CN)OC(=O)O. The second kappa shape index (κ2) is 2.68. The lowest BCUT2D eigenvalue weighted by Gasteiger charge is -2.20. The number of carboxylic acid groups (broad SMARTS) is 1. The van der Waals surface area contributed by atoms with Crippen LogP contribution in [0.1, 0.15) is 13.8 Å². The lowest BCUT2D eigenvalue weighted by molar-refractivity contribution is 0.00922. The van der Waals surface area contributed by atoms with Crippen molar-refractivity contribution in [2.45, 2.75) is 19.4 Å². The fourth-order valence-corrected chi connectivity index (χ4v) is 0.278. The summed E-state index contributed by atoms with van der Waals surface area (Å²) in [5.74, 6) is 0. The molecular formula is C5H11NO3. The molecule has 0 bridgehead atoms. The maximum atomic E-state index is 9.90. The van der Waals surface area contributed by atoms with E-state index in [9.17, 15) is 4.79 Å². The number of nitrogens with two attached hydrogens (primary N) is 1. The third-order valence-corrected chi connectivity index (χ3v) is 0.855. The molecule has 0 saturated carbocycles. The number of carbonyl (C=O) groups is 1. The van der Waals surface area contributed by atoms with Crippen LogP contribution in [0.25, 0.3) is 0 Å². The summed E-state index contributed by atoms with van der Waals surface area (Å²) in [6.07, 6.45) is -1.29. The second-order valence-corrected chi connectivity index (χ2v) is 2.33. The molecule has 0 radical (unpaired) electrons. The van der Waals surface area contributed by atoms with Crippen LogP contribution < -0.4 is 5.73 Å². The molecule has 0 aromatic heterocycles. The van der Waals surface area contributed by atoms with Crippen molar-refractivity contribution in [2.75, 3.05) is 6.54 Å². The summed E-state index contributed by atoms with van der Waals surface area (Å²) in [4.78, 5) is 9.90. The smallest absolute Gasteiger partial charge is 0.450 e. The highest BCUT2D eigenvalue weighted by molar-refractivity contribution is 5.57. The van der Waals surface area contributed by atoms with Gasteiger partial charge >= 0.3 is 6.16 Å². The highest BCUT2D eigenvalue weighted by atomic mass is 16.7. The Morgan fingerprint density at radius 1 is 1.78 bits per heavy atom. The molecule has 0 heterocycles. The van der Waals surface area contributed by atoms with Gasteiger partial charge in [0.1, 0.15) is 5.60 Å². The molecule has 0 atom stereocenters. The average molecular weight is 133 g/mol. The molecule has 9 heavy (non-hydrogen) atoms. The number of rotatable bonds is 2. The summed E-state index contributed by atoms with van der Waals surface area (Å²) in [6.45, 7) is 3.42. The van der Waals surface area contributed by atoms with Crippen LogP contribution in [0.2, 0.25) is 0 Å². The number of hydrogen-bond donors (Lipinski definition) is 2. The molecule has 4 heteroatoms. The first-order chi connectivity index (χ1) is 3.98. The van der Waals surface area contributed by atoms with Gasteiger partial charge in [0.15, 0.2) is 0 Å². The van der Waals surface area contributed by atoms with E-state index in [-0.39, 0.29) is 6.54 Å². The van der Waals surface area contributed by atoms with E-state index in [2.05, 4.69) is 4.74 Å². The third-order valence-electron chi connectivity index (χ3n) is 0.855. The molecule has 0 aliphatic heterocycles. The van der Waals surface area contributed by atoms with Gasteiger partial charge in [-0.05, 0) is 13.8 Å². The Hall–Kier alpha value is -0.770. The van der Waals surface area contributed by atoms with Crippen LogP contribution in [0.15, 0.2) is 0 Å². The highest BCUT2D eigenvalue weighted by Crippen LogP contribution is 2.05. The van der Waals surface area contributed by atoms with Gasteiger partial charge in [0.05, 0.1) is 0 Å². The van der Waals surface area contributed by atoms with E-state index in [0.717, 1.165) is 0 Å². The number of hydrogen-bond acceptors (Lipinski definition) is 3. The Kier molecular flexibility index (Phi) is 2.45. The minimum atomic E-state index is -1.29. The zero-order chi connectivity index (χ0) is 7.49. The van der Waals surface area contributed by atoms with E-state index in [0.29, 0.717) is 0 Å². The zero-order valence-corrected chi connectivity index (χ0v) is 5.55. The van der Waals surface area contributed by atoms with E-state index in [1.165, 1.54) is 0 Å². The average Bonchev–Trinajstić information content (AvgIpc) is 1.63. The molecular weight excluding hydrogens is 122 g/mol. The lowest BCUT2D eigenvalue weighted by atomic mass is 10.1. The molecule has 0 spiro atoms. The van der Waals surface area contributed by atoms with E-state index in [4.69, 9.17) is 10.8 Å². The second-order valence-electron chi connectivity index (χ2n) is 2.33. The van der Waals surface area contributed by atoms with Gasteiger partial charge in [0.2, 0.25) is 0 Å². The van der Waals surface area contributed by atoms with E-state index >= 15 is 0 Å². The van der Waals surface area contributed by atoms with Gasteiger partial charge in [0, 0.05) is 6.54 Å². The van der Waals surface area contributed by atoms with Crippen molar-refractivity contribution in [3.8, 4) is 0 Å². The van der Waals surface area contributed by atoms with Crippen LogP contribution in [0.5, 0.6) is 0 Å². The highest BCUT2D eigenvalue weighted by Gasteiger charge is 2.19. The van der Waals surface area contributed by atoms with Gasteiger partial charge in [-0.1, -0.05) is 0 Å². The monoisotopic (exact) mass is 133 g/mol. The molecule has 0 aliphatic carbocycles. The molecule has 54 valence electrons. The Morgan fingerprint density at radius 3 is 2.33 bits per heavy atom. The molecule has 0 fully saturated rings. The van der Waals surface area contributed by atoms with Crippen molar-refractivity contribution in [1.82, 2.24) is 0 Å². The first-order valence-electron chi connectivity index (χ1n) is 2.60. The van der Waals surface area contributed by atoms with Crippen molar-refractivity contribution >= 4 is 6.16 Å². The molecule has 0 rings (SSSR count). The predicted octanol–water partition coefficient (Wildman–Crippen LogP) is 0.418. The minimum Gasteiger partial charge on any atom is -0.450 e. The Labute approximate surface area is 53.6 Å². The molecule has 0 aliphatic rings. The quantitative estimate of drug-likeness (QED) is 0.535. The van der Waals surface area contributed by atoms with Gasteiger partial charge in [-0.2, -0.15) is 0 Å². The van der Waals surface area contributed by atoms with Crippen LogP contribution >= 0.6 is 0 Å². The standard InChI is InChI=1S/C5H11NO3/c1-5(2,3-6)9-4(7)8/h3,6H2,1-2H3,(H,7,8). The van der Waals surface area contributed by atoms with E-state index in [1.54, 1.807) is 13.8 Å². The number of ether oxygens (including phenoxy) is 1.